The van der Waals surface area contributed by atoms with Crippen LogP contribution in [0.3, 0.4) is 0 Å². The molecule has 182 valence electrons. The van der Waals surface area contributed by atoms with Gasteiger partial charge < -0.3 is 20.9 Å². The van der Waals surface area contributed by atoms with Gasteiger partial charge in [0.15, 0.2) is 0 Å². The predicted octanol–water partition coefficient (Wildman–Crippen LogP) is 3.10. The Balaban J connectivity index is 1.46. The van der Waals surface area contributed by atoms with Gasteiger partial charge in [-0.2, -0.15) is 5.26 Å². The maximum absolute atomic E-state index is 12.5. The number of fused-ring (bicyclic) bond motifs is 1. The third-order valence-corrected chi connectivity index (χ3v) is 6.75. The highest BCUT2D eigenvalue weighted by Gasteiger charge is 2.33. The molecule has 9 nitrogen and oxygen atoms in total. The number of benzene rings is 1. The lowest BCUT2D eigenvalue weighted by molar-refractivity contribution is -0.117. The minimum atomic E-state index is -0.112. The fourth-order valence-electron chi connectivity index (χ4n) is 4.92. The van der Waals surface area contributed by atoms with Gasteiger partial charge in [-0.25, -0.2) is 4.98 Å². The number of nitrogens with two attached hydrogens (primary N) is 1. The minimum absolute atomic E-state index is 0.00156. The van der Waals surface area contributed by atoms with Crippen molar-refractivity contribution in [3.63, 3.8) is 0 Å². The Kier molecular flexibility index (Phi) is 6.12. The van der Waals surface area contributed by atoms with Gasteiger partial charge in [-0.15, -0.1) is 0 Å². The highest BCUT2D eigenvalue weighted by atomic mass is 16.2. The second-order valence-corrected chi connectivity index (χ2v) is 9.39. The van der Waals surface area contributed by atoms with Crippen LogP contribution in [0, 0.1) is 11.3 Å². The first-order valence-electron chi connectivity index (χ1n) is 11.9. The number of amides is 2. The molecule has 3 aromatic rings. The molecule has 3 N–H and O–H groups in total. The normalized spacial score (nSPS) is 19.2. The van der Waals surface area contributed by atoms with Gasteiger partial charge in [-0.1, -0.05) is 12.1 Å². The zero-order valence-corrected chi connectivity index (χ0v) is 20.2. The number of rotatable bonds is 4. The number of hydrogen-bond donors (Lipinski definition) is 2. The number of nitrogens with zero attached hydrogens (tertiary/aromatic N) is 5. The van der Waals surface area contributed by atoms with E-state index in [0.717, 1.165) is 22.4 Å². The van der Waals surface area contributed by atoms with Gasteiger partial charge in [-0.05, 0) is 54.8 Å². The van der Waals surface area contributed by atoms with Crippen LogP contribution in [0.4, 0.5) is 11.5 Å². The Bertz CT molecular complexity index is 1340. The van der Waals surface area contributed by atoms with Gasteiger partial charge in [0.25, 0.3) is 5.91 Å². The molecular weight excluding hydrogens is 454 g/mol. The van der Waals surface area contributed by atoms with Gasteiger partial charge in [0.2, 0.25) is 5.91 Å². The fraction of sp³-hybridized carbons (Fsp3) is 0.296. The largest absolute Gasteiger partial charge is 0.363 e. The molecule has 5 rings (SSSR count). The number of likely N-dealkylation sites (tertiary alicyclic amines) is 1. The Hall–Kier alpha value is -4.29. The summed E-state index contributed by atoms with van der Waals surface area (Å²) >= 11 is 0. The lowest BCUT2D eigenvalue weighted by atomic mass is 9.89. The van der Waals surface area contributed by atoms with Crippen molar-refractivity contribution in [2.24, 2.45) is 5.73 Å². The zero-order valence-electron chi connectivity index (χ0n) is 20.2. The third kappa shape index (κ3) is 4.39. The van der Waals surface area contributed by atoms with E-state index in [9.17, 15) is 9.59 Å². The quantitative estimate of drug-likeness (QED) is 0.586. The van der Waals surface area contributed by atoms with E-state index in [4.69, 9.17) is 11.0 Å². The molecular formula is C27H27N7O2. The van der Waals surface area contributed by atoms with Crippen molar-refractivity contribution in [1.29, 1.82) is 5.26 Å². The van der Waals surface area contributed by atoms with Crippen LogP contribution in [-0.4, -0.2) is 51.9 Å². The second-order valence-electron chi connectivity index (χ2n) is 9.39. The summed E-state index contributed by atoms with van der Waals surface area (Å²) in [6, 6.07) is 15.2. The predicted molar refractivity (Wildman–Crippen MR) is 136 cm³/mol. The molecule has 9 heteroatoms. The van der Waals surface area contributed by atoms with E-state index in [2.05, 4.69) is 27.4 Å². The number of carbonyl (C=O) groups is 2. The van der Waals surface area contributed by atoms with E-state index in [0.29, 0.717) is 36.6 Å². The smallest absolute Gasteiger partial charge is 0.272 e. The van der Waals surface area contributed by atoms with Crippen molar-refractivity contribution in [1.82, 2.24) is 14.9 Å². The molecule has 2 aliphatic rings. The number of aromatic nitrogens is 2. The van der Waals surface area contributed by atoms with Crippen LogP contribution in [0.15, 0.2) is 54.9 Å². The second kappa shape index (κ2) is 9.40. The molecule has 0 spiro atoms. The van der Waals surface area contributed by atoms with Crippen molar-refractivity contribution in [3.05, 3.63) is 71.7 Å². The first-order valence-corrected chi connectivity index (χ1v) is 11.9. The molecule has 2 aliphatic heterocycles. The Labute approximate surface area is 209 Å². The maximum Gasteiger partial charge on any atom is 0.272 e. The number of nitrogens with one attached hydrogen (secondary N) is 1. The van der Waals surface area contributed by atoms with Crippen molar-refractivity contribution in [3.8, 4) is 17.2 Å². The summed E-state index contributed by atoms with van der Waals surface area (Å²) in [6.45, 7) is 4.72. The van der Waals surface area contributed by atoms with Gasteiger partial charge in [0.1, 0.15) is 17.6 Å². The van der Waals surface area contributed by atoms with Crippen LogP contribution in [0.25, 0.3) is 11.1 Å². The lowest BCUT2D eigenvalue weighted by Gasteiger charge is -2.39. The van der Waals surface area contributed by atoms with E-state index in [1.54, 1.807) is 36.2 Å². The summed E-state index contributed by atoms with van der Waals surface area (Å²) in [4.78, 5) is 37.3. The number of carbonyl (C=O) groups excluding carboxylic acids is 2. The molecule has 2 amide bonds. The van der Waals surface area contributed by atoms with Crippen molar-refractivity contribution >= 4 is 23.3 Å². The highest BCUT2D eigenvalue weighted by molar-refractivity contribution is 5.95. The van der Waals surface area contributed by atoms with E-state index in [1.165, 1.54) is 6.20 Å². The Morgan fingerprint density at radius 1 is 1.08 bits per heavy atom. The molecule has 0 aliphatic carbocycles. The average molecular weight is 482 g/mol. The Morgan fingerprint density at radius 3 is 2.47 bits per heavy atom. The maximum atomic E-state index is 12.5. The zero-order chi connectivity index (χ0) is 25.4. The Morgan fingerprint density at radius 2 is 1.86 bits per heavy atom. The van der Waals surface area contributed by atoms with Crippen LogP contribution in [0.2, 0.25) is 0 Å². The van der Waals surface area contributed by atoms with Crippen LogP contribution in [0.1, 0.15) is 47.9 Å². The summed E-state index contributed by atoms with van der Waals surface area (Å²) in [6.07, 6.45) is 3.94. The van der Waals surface area contributed by atoms with Crippen LogP contribution < -0.4 is 16.0 Å². The summed E-state index contributed by atoms with van der Waals surface area (Å²) in [5.74, 6) is 0.537. The van der Waals surface area contributed by atoms with Gasteiger partial charge in [0, 0.05) is 55.7 Å². The van der Waals surface area contributed by atoms with E-state index < -0.39 is 0 Å². The molecule has 0 bridgehead atoms. The van der Waals surface area contributed by atoms with Crippen molar-refractivity contribution in [2.45, 2.75) is 38.4 Å². The third-order valence-electron chi connectivity index (χ3n) is 6.75. The molecule has 0 radical (unpaired) electrons. The fourth-order valence-corrected chi connectivity index (χ4v) is 4.92. The number of anilines is 2. The molecule has 1 fully saturated rings. The van der Waals surface area contributed by atoms with Gasteiger partial charge >= 0.3 is 0 Å². The molecule has 4 heterocycles. The summed E-state index contributed by atoms with van der Waals surface area (Å²) < 4.78 is 0. The molecule has 2 atom stereocenters. The van der Waals surface area contributed by atoms with E-state index >= 15 is 0 Å². The minimum Gasteiger partial charge on any atom is -0.363 e. The molecule has 1 aromatic carbocycles. The average Bonchev–Trinajstić information content (AvgIpc) is 2.86. The van der Waals surface area contributed by atoms with Crippen LogP contribution in [0.5, 0.6) is 0 Å². The van der Waals surface area contributed by atoms with Crippen LogP contribution in [-0.2, 0) is 4.79 Å². The topological polar surface area (TPSA) is 128 Å². The highest BCUT2D eigenvalue weighted by Crippen LogP contribution is 2.41. The lowest BCUT2D eigenvalue weighted by Crippen LogP contribution is -2.57. The molecule has 1 saturated heterocycles. The monoisotopic (exact) mass is 481 g/mol. The van der Waals surface area contributed by atoms with E-state index in [-0.39, 0.29) is 29.9 Å². The summed E-state index contributed by atoms with van der Waals surface area (Å²) in [5.41, 5.74) is 10.3. The first kappa shape index (κ1) is 23.5. The van der Waals surface area contributed by atoms with Gasteiger partial charge in [0.05, 0.1) is 11.6 Å². The summed E-state index contributed by atoms with van der Waals surface area (Å²) in [7, 11) is 0. The molecule has 36 heavy (non-hydrogen) atoms. The summed E-state index contributed by atoms with van der Waals surface area (Å²) in [5, 5.41) is 12.5. The van der Waals surface area contributed by atoms with Crippen molar-refractivity contribution in [2.75, 3.05) is 23.3 Å². The molecule has 0 unspecified atom stereocenters. The van der Waals surface area contributed by atoms with E-state index in [1.807, 2.05) is 30.0 Å². The molecule has 2 aromatic heterocycles. The van der Waals surface area contributed by atoms with Crippen LogP contribution >= 0.6 is 0 Å². The number of hydrogen-bond acceptors (Lipinski definition) is 7. The standard InChI is InChI=1S/C27H27N7O2/c1-16-9-24(32-26-8-3-18(11-28)12-31-26)22-10-19(5-7-25(22)34(16)17(2)35)20-4-6-23(30-13-20)27(36)33-14-21(29)15-33/h3-8,10,12-13,16,21,24H,9,14-15,29H2,1-2H3,(H,31,32)/t16-,24+/m0/s1. The number of pyridine rings is 2. The number of nitriles is 1. The SMILES string of the molecule is CC(=O)N1c2ccc(-c3ccc(C(=O)N4CC(N)C4)nc3)cc2[C@H](Nc2ccc(C#N)cn2)C[C@@H]1C. The van der Waals surface area contributed by atoms with Crippen molar-refractivity contribution < 1.29 is 9.59 Å². The molecule has 0 saturated carbocycles. The first-order chi connectivity index (χ1) is 17.3. The van der Waals surface area contributed by atoms with Gasteiger partial charge in [-0.3, -0.25) is 14.6 Å².